The molecule has 0 aromatic heterocycles. The van der Waals surface area contributed by atoms with Gasteiger partial charge in [-0.1, -0.05) is 181 Å². The minimum atomic E-state index is -5.05. The van der Waals surface area contributed by atoms with Gasteiger partial charge in [0.1, 0.15) is 42.7 Å². The van der Waals surface area contributed by atoms with Crippen LogP contribution in [0.4, 0.5) is 0 Å². The van der Waals surface area contributed by atoms with Crippen LogP contribution in [0, 0.1) is 0 Å². The Morgan fingerprint density at radius 1 is 0.471 bits per heavy atom. The number of aliphatic hydroxyl groups is 5. The summed E-state index contributed by atoms with van der Waals surface area (Å²) in [7, 11) is -5.05. The normalized spacial score (nSPS) is 21.8. The molecule has 6 atom stereocenters. The molecule has 0 bridgehead atoms. The van der Waals surface area contributed by atoms with Gasteiger partial charge in [-0.2, -0.15) is 0 Å². The highest BCUT2D eigenvalue weighted by atomic mass is 31.2. The fourth-order valence-corrected chi connectivity index (χ4v) is 8.40. The van der Waals surface area contributed by atoms with E-state index in [-0.39, 0.29) is 13.0 Å². The van der Waals surface area contributed by atoms with E-state index in [1.807, 2.05) is 0 Å². The zero-order valence-corrected chi connectivity index (χ0v) is 43.9. The van der Waals surface area contributed by atoms with E-state index < -0.39 is 63.1 Å². The van der Waals surface area contributed by atoms with Crippen molar-refractivity contribution in [1.82, 2.24) is 0 Å². The molecule has 13 heteroatoms. The summed E-state index contributed by atoms with van der Waals surface area (Å²) in [4.78, 5) is 23.3. The highest BCUT2D eigenvalue weighted by Crippen LogP contribution is 2.47. The SMILES string of the molecule is CC/C=C\C/C=C\C/C=C\C/C=C\C/C=C\C/C=C\CCCCCOCC(COP(=O)(O)OC1C(O)C(O)C(O)C(O)C1O)OC(=O)CCCCCCCC/C=C\C/C=C\C/C=C\CCCCCCC. The third-order valence-electron chi connectivity index (χ3n) is 11.6. The molecule has 0 aromatic rings. The van der Waals surface area contributed by atoms with Gasteiger partial charge in [0, 0.05) is 13.0 Å². The van der Waals surface area contributed by atoms with E-state index in [1.165, 1.54) is 38.5 Å². The molecule has 0 aromatic carbocycles. The molecule has 0 aliphatic heterocycles. The first kappa shape index (κ1) is 65.0. The molecule has 0 saturated heterocycles. The van der Waals surface area contributed by atoms with Crippen molar-refractivity contribution in [2.45, 2.75) is 224 Å². The molecule has 0 amide bonds. The number of hydrogen-bond donors (Lipinski definition) is 6. The van der Waals surface area contributed by atoms with Gasteiger partial charge in [0.15, 0.2) is 0 Å². The van der Waals surface area contributed by atoms with Crippen molar-refractivity contribution in [3.8, 4) is 0 Å². The maximum atomic E-state index is 12.9. The molecule has 1 saturated carbocycles. The Labute approximate surface area is 423 Å². The number of phosphoric acid groups is 1. The van der Waals surface area contributed by atoms with E-state index in [0.29, 0.717) is 13.0 Å². The van der Waals surface area contributed by atoms with Gasteiger partial charge in [-0.3, -0.25) is 13.8 Å². The maximum absolute atomic E-state index is 12.9. The number of hydrogen-bond acceptors (Lipinski definition) is 11. The second kappa shape index (κ2) is 45.8. The van der Waals surface area contributed by atoms with Crippen LogP contribution in [-0.4, -0.2) is 98.9 Å². The number of unbranched alkanes of at least 4 members (excludes halogenated alkanes) is 14. The predicted octanol–water partition coefficient (Wildman–Crippen LogP) is 12.4. The van der Waals surface area contributed by atoms with Crippen LogP contribution in [0.5, 0.6) is 0 Å². The summed E-state index contributed by atoms with van der Waals surface area (Å²) < 4.78 is 34.3. The lowest BCUT2D eigenvalue weighted by Crippen LogP contribution is -2.64. The van der Waals surface area contributed by atoms with E-state index in [9.17, 15) is 39.8 Å². The lowest BCUT2D eigenvalue weighted by molar-refractivity contribution is -0.220. The molecule has 1 fully saturated rings. The van der Waals surface area contributed by atoms with Crippen molar-refractivity contribution >= 4 is 13.8 Å². The molecule has 0 heterocycles. The molecular weight excluding hydrogens is 908 g/mol. The van der Waals surface area contributed by atoms with Crippen molar-refractivity contribution < 1.29 is 58.3 Å². The lowest BCUT2D eigenvalue weighted by atomic mass is 9.85. The van der Waals surface area contributed by atoms with Crippen LogP contribution in [0.3, 0.4) is 0 Å². The summed E-state index contributed by atoms with van der Waals surface area (Å²) in [6.45, 7) is 4.04. The van der Waals surface area contributed by atoms with E-state index in [0.717, 1.165) is 116 Å². The van der Waals surface area contributed by atoms with Gasteiger partial charge in [-0.05, 0) is 103 Å². The number of rotatable bonds is 44. The highest BCUT2D eigenvalue weighted by molar-refractivity contribution is 7.47. The highest BCUT2D eigenvalue weighted by Gasteiger charge is 2.51. The Balaban J connectivity index is 2.39. The first-order valence-electron chi connectivity index (χ1n) is 26.7. The van der Waals surface area contributed by atoms with E-state index in [2.05, 4.69) is 123 Å². The second-order valence-electron chi connectivity index (χ2n) is 18.0. The average Bonchev–Trinajstić information content (AvgIpc) is 3.35. The van der Waals surface area contributed by atoms with Gasteiger partial charge in [-0.15, -0.1) is 0 Å². The molecule has 1 aliphatic carbocycles. The smallest absolute Gasteiger partial charge is 0.457 e. The van der Waals surface area contributed by atoms with Gasteiger partial charge in [-0.25, -0.2) is 4.57 Å². The second-order valence-corrected chi connectivity index (χ2v) is 19.4. The Hall–Kier alpha value is -3.00. The molecular formula is C57H95O12P. The predicted molar refractivity (Wildman–Crippen MR) is 285 cm³/mol. The minimum absolute atomic E-state index is 0.113. The van der Waals surface area contributed by atoms with Crippen LogP contribution in [0.1, 0.15) is 181 Å². The first-order valence-corrected chi connectivity index (χ1v) is 28.2. The molecule has 12 nitrogen and oxygen atoms in total. The Kier molecular flexibility index (Phi) is 42.6. The molecule has 70 heavy (non-hydrogen) atoms. The molecule has 1 aliphatic rings. The molecule has 400 valence electrons. The number of carbonyl (C=O) groups is 1. The van der Waals surface area contributed by atoms with Crippen molar-refractivity contribution in [3.63, 3.8) is 0 Å². The Morgan fingerprint density at radius 2 is 0.843 bits per heavy atom. The van der Waals surface area contributed by atoms with Crippen LogP contribution in [-0.2, 0) is 27.9 Å². The molecule has 6 N–H and O–H groups in total. The lowest BCUT2D eigenvalue weighted by Gasteiger charge is -2.41. The van der Waals surface area contributed by atoms with E-state index >= 15 is 0 Å². The third kappa shape index (κ3) is 36.8. The maximum Gasteiger partial charge on any atom is 0.472 e. The molecule has 1 rings (SSSR count). The summed E-state index contributed by atoms with van der Waals surface area (Å²) in [6, 6.07) is 0. The molecule has 0 spiro atoms. The van der Waals surface area contributed by atoms with Crippen LogP contribution in [0.15, 0.2) is 109 Å². The summed E-state index contributed by atoms with van der Waals surface area (Å²) in [5.74, 6) is -0.506. The number of phosphoric ester groups is 1. The van der Waals surface area contributed by atoms with Crippen molar-refractivity contribution in [2.24, 2.45) is 0 Å². The summed E-state index contributed by atoms with van der Waals surface area (Å²) in [5, 5.41) is 50.4. The first-order chi connectivity index (χ1) is 34.0. The number of aliphatic hydroxyl groups excluding tert-OH is 5. The van der Waals surface area contributed by atoms with Crippen molar-refractivity contribution in [3.05, 3.63) is 109 Å². The van der Waals surface area contributed by atoms with E-state index in [4.69, 9.17) is 18.5 Å². The van der Waals surface area contributed by atoms with Crippen LogP contribution in [0.25, 0.3) is 0 Å². The van der Waals surface area contributed by atoms with Gasteiger partial charge >= 0.3 is 13.8 Å². The number of carbonyl (C=O) groups excluding carboxylic acids is 1. The van der Waals surface area contributed by atoms with Crippen LogP contribution < -0.4 is 0 Å². The number of esters is 1. The van der Waals surface area contributed by atoms with Gasteiger partial charge in [0.25, 0.3) is 0 Å². The van der Waals surface area contributed by atoms with Crippen LogP contribution in [0.2, 0.25) is 0 Å². The van der Waals surface area contributed by atoms with Crippen molar-refractivity contribution in [1.29, 1.82) is 0 Å². The standard InChI is InChI=1S/C57H95O12P/c1-3-5-7-9-11-13-15-17-19-21-23-25-27-29-31-33-35-37-39-41-43-45-47-66-48-50(49-67-70(64,65)69-57-55(62)53(60)52(59)54(61)56(57)63)68-51(58)46-44-42-40-38-36-34-32-30-28-26-24-22-20-18-16-14-12-10-8-6-4-2/h5,7,11,13,16-19,22-25,28-31,35,37,50,52-57,59-63H,3-4,6,8-10,12,14-15,20-21,26-27,32-34,36,38-49H2,1-2H3,(H,64,65)/b7-5-,13-11-,18-16-,19-17-,24-22-,25-23-,30-28-,31-29-,37-35-. The van der Waals surface area contributed by atoms with Gasteiger partial charge < -0.3 is 39.9 Å². The van der Waals surface area contributed by atoms with Crippen molar-refractivity contribution in [2.75, 3.05) is 19.8 Å². The monoisotopic (exact) mass is 1000 g/mol. The summed E-state index contributed by atoms with van der Waals surface area (Å²) in [5.41, 5.74) is 0. The Morgan fingerprint density at radius 3 is 1.29 bits per heavy atom. The van der Waals surface area contributed by atoms with Crippen LogP contribution >= 0.6 is 7.82 Å². The zero-order valence-electron chi connectivity index (χ0n) is 43.0. The number of allylic oxidation sites excluding steroid dienone is 18. The Bertz CT molecular complexity index is 1570. The topological polar surface area (TPSA) is 192 Å². The summed E-state index contributed by atoms with van der Waals surface area (Å²) in [6.07, 6.45) is 52.9. The quantitative estimate of drug-likeness (QED) is 0.0147. The van der Waals surface area contributed by atoms with Gasteiger partial charge in [0.05, 0.1) is 13.2 Å². The fraction of sp³-hybridized carbons (Fsp3) is 0.667. The average molecular weight is 1000 g/mol. The fourth-order valence-electron chi connectivity index (χ4n) is 7.42. The van der Waals surface area contributed by atoms with Gasteiger partial charge in [0.2, 0.25) is 0 Å². The molecule has 6 unspecified atom stereocenters. The molecule has 0 radical (unpaired) electrons. The minimum Gasteiger partial charge on any atom is -0.457 e. The largest absolute Gasteiger partial charge is 0.472 e. The van der Waals surface area contributed by atoms with E-state index in [1.54, 1.807) is 0 Å². The third-order valence-corrected chi connectivity index (χ3v) is 12.6. The summed E-state index contributed by atoms with van der Waals surface area (Å²) >= 11 is 0. The number of ether oxygens (including phenoxy) is 2. The zero-order chi connectivity index (χ0) is 51.2.